The van der Waals surface area contributed by atoms with E-state index in [0.717, 1.165) is 18.7 Å². The van der Waals surface area contributed by atoms with Gasteiger partial charge in [0.05, 0.1) is 37.0 Å². The molecule has 1 aromatic heterocycles. The fraction of sp³-hybridized carbons (Fsp3) is 0.370. The Bertz CT molecular complexity index is 1220. The zero-order chi connectivity index (χ0) is 24.6. The minimum absolute atomic E-state index is 0.0459. The number of fused-ring (bicyclic) bond motifs is 1. The normalized spacial score (nSPS) is 20.6. The molecule has 0 radical (unpaired) electrons. The second-order valence-corrected chi connectivity index (χ2v) is 9.74. The van der Waals surface area contributed by atoms with Gasteiger partial charge in [-0.25, -0.2) is 9.48 Å². The lowest BCUT2D eigenvalue weighted by molar-refractivity contribution is 0.0600. The third kappa shape index (κ3) is 4.48. The van der Waals surface area contributed by atoms with Crippen molar-refractivity contribution in [1.82, 2.24) is 14.7 Å². The quantitative estimate of drug-likeness (QED) is 0.557. The minimum atomic E-state index is -0.384. The molecule has 2 unspecified atom stereocenters. The summed E-state index contributed by atoms with van der Waals surface area (Å²) in [7, 11) is 1.35. The first-order valence-corrected chi connectivity index (χ1v) is 11.9. The highest BCUT2D eigenvalue weighted by molar-refractivity contribution is 5.99. The van der Waals surface area contributed by atoms with Gasteiger partial charge in [-0.2, -0.15) is 5.10 Å². The number of carbonyl (C=O) groups excluding carboxylic acids is 2. The van der Waals surface area contributed by atoms with Gasteiger partial charge in [-0.1, -0.05) is 30.3 Å². The van der Waals surface area contributed by atoms with Crippen LogP contribution in [0.2, 0.25) is 0 Å². The van der Waals surface area contributed by atoms with Crippen LogP contribution in [0.15, 0.2) is 60.8 Å². The summed E-state index contributed by atoms with van der Waals surface area (Å²) in [6, 6.07) is 17.3. The molecule has 0 aliphatic carbocycles. The number of rotatable bonds is 5. The van der Waals surface area contributed by atoms with Gasteiger partial charge in [0.25, 0.3) is 5.91 Å². The topological polar surface area (TPSA) is 85.7 Å². The average Bonchev–Trinajstić information content (AvgIpc) is 3.52. The highest BCUT2D eigenvalue weighted by Gasteiger charge is 2.38. The summed E-state index contributed by atoms with van der Waals surface area (Å²) in [4.78, 5) is 27.0. The molecule has 2 atom stereocenters. The lowest BCUT2D eigenvalue weighted by Gasteiger charge is -2.38. The zero-order valence-electron chi connectivity index (χ0n) is 20.2. The number of anilines is 1. The van der Waals surface area contributed by atoms with E-state index in [1.165, 1.54) is 12.7 Å². The van der Waals surface area contributed by atoms with E-state index in [-0.39, 0.29) is 29.6 Å². The van der Waals surface area contributed by atoms with Crippen molar-refractivity contribution in [1.29, 1.82) is 0 Å². The second-order valence-electron chi connectivity index (χ2n) is 9.74. The van der Waals surface area contributed by atoms with E-state index < -0.39 is 0 Å². The summed E-state index contributed by atoms with van der Waals surface area (Å²) in [6.45, 7) is 5.41. The van der Waals surface area contributed by atoms with Crippen LogP contribution in [0.4, 0.5) is 5.82 Å². The SMILES string of the molecule is COC(=O)c1ccc(OC2CCN(C(=O)c3cnn4c3NC(c3ccccc3)CC4(C)C)C2)cc1. The number of nitrogens with one attached hydrogen (secondary N) is 1. The van der Waals surface area contributed by atoms with Gasteiger partial charge in [-0.05, 0) is 50.1 Å². The van der Waals surface area contributed by atoms with Crippen molar-refractivity contribution in [3.05, 3.63) is 77.5 Å². The molecule has 8 heteroatoms. The molecule has 35 heavy (non-hydrogen) atoms. The molecule has 2 aliphatic heterocycles. The molecule has 3 heterocycles. The second kappa shape index (κ2) is 9.09. The van der Waals surface area contributed by atoms with E-state index in [9.17, 15) is 9.59 Å². The minimum Gasteiger partial charge on any atom is -0.489 e. The fourth-order valence-corrected chi connectivity index (χ4v) is 4.95. The molecular formula is C27H30N4O4. The highest BCUT2D eigenvalue weighted by Crippen LogP contribution is 2.40. The van der Waals surface area contributed by atoms with Gasteiger partial charge in [-0.15, -0.1) is 0 Å². The van der Waals surface area contributed by atoms with Crippen molar-refractivity contribution >= 4 is 17.7 Å². The third-order valence-electron chi connectivity index (χ3n) is 6.80. The van der Waals surface area contributed by atoms with Crippen molar-refractivity contribution < 1.29 is 19.1 Å². The lowest BCUT2D eigenvalue weighted by Crippen LogP contribution is -2.39. The Kier molecular flexibility index (Phi) is 5.96. The van der Waals surface area contributed by atoms with Crippen molar-refractivity contribution in [3.63, 3.8) is 0 Å². The van der Waals surface area contributed by atoms with Gasteiger partial charge < -0.3 is 19.7 Å². The smallest absolute Gasteiger partial charge is 0.337 e. The Morgan fingerprint density at radius 3 is 2.54 bits per heavy atom. The average molecular weight is 475 g/mol. The van der Waals surface area contributed by atoms with E-state index in [4.69, 9.17) is 9.47 Å². The summed E-state index contributed by atoms with van der Waals surface area (Å²) in [6.07, 6.45) is 3.17. The fourth-order valence-electron chi connectivity index (χ4n) is 4.95. The first-order valence-electron chi connectivity index (χ1n) is 11.9. The summed E-state index contributed by atoms with van der Waals surface area (Å²) in [5, 5.41) is 8.16. The number of carbonyl (C=O) groups is 2. The maximum Gasteiger partial charge on any atom is 0.337 e. The monoisotopic (exact) mass is 474 g/mol. The van der Waals surface area contributed by atoms with Gasteiger partial charge in [0.15, 0.2) is 0 Å². The summed E-state index contributed by atoms with van der Waals surface area (Å²) in [5.74, 6) is 0.997. The van der Waals surface area contributed by atoms with Gasteiger partial charge >= 0.3 is 5.97 Å². The molecule has 1 fully saturated rings. The zero-order valence-corrected chi connectivity index (χ0v) is 20.2. The molecule has 3 aromatic rings. The summed E-state index contributed by atoms with van der Waals surface area (Å²) < 4.78 is 12.8. The van der Waals surface area contributed by atoms with Crippen LogP contribution in [-0.2, 0) is 10.3 Å². The largest absolute Gasteiger partial charge is 0.489 e. The number of nitrogens with zero attached hydrogens (tertiary/aromatic N) is 3. The Morgan fingerprint density at radius 1 is 1.09 bits per heavy atom. The van der Waals surface area contributed by atoms with Gasteiger partial charge in [0.2, 0.25) is 0 Å². The molecule has 0 spiro atoms. The number of hydrogen-bond acceptors (Lipinski definition) is 6. The van der Waals surface area contributed by atoms with Crippen LogP contribution in [0.5, 0.6) is 5.75 Å². The lowest BCUT2D eigenvalue weighted by atomic mass is 9.89. The third-order valence-corrected chi connectivity index (χ3v) is 6.80. The van der Waals surface area contributed by atoms with Gasteiger partial charge in [-0.3, -0.25) is 4.79 Å². The Balaban J connectivity index is 1.29. The molecule has 2 aliphatic rings. The molecule has 0 saturated carbocycles. The standard InChI is InChI=1S/C27H30N4O4/c1-27(2)15-23(18-7-5-4-6-8-18)29-24-22(16-28-31(24)27)25(32)30-14-13-21(17-30)35-20-11-9-19(10-12-20)26(33)34-3/h4-12,16,21,23,29H,13-15,17H2,1-3H3. The van der Waals surface area contributed by atoms with Crippen LogP contribution in [0.1, 0.15) is 59.0 Å². The summed E-state index contributed by atoms with van der Waals surface area (Å²) >= 11 is 0. The van der Waals surface area contributed by atoms with Crippen molar-refractivity contribution in [3.8, 4) is 5.75 Å². The number of methoxy groups -OCH3 is 1. The van der Waals surface area contributed by atoms with Crippen molar-refractivity contribution in [2.75, 3.05) is 25.5 Å². The number of benzene rings is 2. The molecule has 1 N–H and O–H groups in total. The molecular weight excluding hydrogens is 444 g/mol. The van der Waals surface area contributed by atoms with Crippen molar-refractivity contribution in [2.45, 2.75) is 44.4 Å². The van der Waals surface area contributed by atoms with Gasteiger partial charge in [0.1, 0.15) is 23.2 Å². The van der Waals surface area contributed by atoms with Crippen LogP contribution < -0.4 is 10.1 Å². The number of ether oxygens (including phenoxy) is 2. The number of likely N-dealkylation sites (tertiary alicyclic amines) is 1. The maximum atomic E-state index is 13.5. The molecule has 5 rings (SSSR count). The van der Waals surface area contributed by atoms with Crippen LogP contribution in [-0.4, -0.2) is 52.9 Å². The Hall–Kier alpha value is -3.81. The van der Waals surface area contributed by atoms with Crippen LogP contribution in [0.3, 0.4) is 0 Å². The molecule has 2 aromatic carbocycles. The maximum absolute atomic E-state index is 13.5. The van der Waals surface area contributed by atoms with Crippen LogP contribution in [0.25, 0.3) is 0 Å². The van der Waals surface area contributed by atoms with E-state index in [0.29, 0.717) is 30.0 Å². The number of aromatic nitrogens is 2. The van der Waals surface area contributed by atoms with E-state index >= 15 is 0 Å². The van der Waals surface area contributed by atoms with Crippen molar-refractivity contribution in [2.24, 2.45) is 0 Å². The predicted octanol–water partition coefficient (Wildman–Crippen LogP) is 4.26. The van der Waals surface area contributed by atoms with Gasteiger partial charge in [0, 0.05) is 13.0 Å². The first-order chi connectivity index (χ1) is 16.9. The van der Waals surface area contributed by atoms with Crippen LogP contribution >= 0.6 is 0 Å². The molecule has 1 amide bonds. The number of amides is 1. The Morgan fingerprint density at radius 2 is 1.83 bits per heavy atom. The van der Waals surface area contributed by atoms with E-state index in [1.807, 2.05) is 27.8 Å². The Labute approximate surface area is 204 Å². The molecule has 8 nitrogen and oxygen atoms in total. The van der Waals surface area contributed by atoms with Crippen LogP contribution in [0, 0.1) is 0 Å². The number of esters is 1. The predicted molar refractivity (Wildman–Crippen MR) is 132 cm³/mol. The van der Waals surface area contributed by atoms with E-state index in [2.05, 4.69) is 36.4 Å². The molecule has 0 bridgehead atoms. The summed E-state index contributed by atoms with van der Waals surface area (Å²) in [5.41, 5.74) is 2.02. The molecule has 1 saturated heterocycles. The first kappa shape index (κ1) is 23.0. The highest BCUT2D eigenvalue weighted by atomic mass is 16.5. The number of hydrogen-bond donors (Lipinski definition) is 1. The van der Waals surface area contributed by atoms with E-state index in [1.54, 1.807) is 30.5 Å². The molecule has 182 valence electrons.